The van der Waals surface area contributed by atoms with E-state index in [4.69, 9.17) is 4.74 Å². The fraction of sp³-hybridized carbons (Fsp3) is 0.480. The van der Waals surface area contributed by atoms with Crippen molar-refractivity contribution in [2.45, 2.75) is 40.2 Å². The number of hydrogen-bond acceptors (Lipinski definition) is 4. The first-order valence-corrected chi connectivity index (χ1v) is 11.0. The molecule has 1 amide bonds. The molecule has 2 aromatic rings. The van der Waals surface area contributed by atoms with Gasteiger partial charge in [0.05, 0.1) is 12.6 Å². The third-order valence-corrected chi connectivity index (χ3v) is 6.45. The number of piperidine rings is 1. The van der Waals surface area contributed by atoms with Crippen LogP contribution in [0.4, 0.5) is 17.1 Å². The van der Waals surface area contributed by atoms with Gasteiger partial charge in [0.2, 0.25) is 5.91 Å². The summed E-state index contributed by atoms with van der Waals surface area (Å²) in [7, 11) is 0. The van der Waals surface area contributed by atoms with E-state index in [0.29, 0.717) is 18.6 Å². The predicted octanol–water partition coefficient (Wildman–Crippen LogP) is 4.79. The molecule has 3 fully saturated rings. The Balaban J connectivity index is 1.57. The van der Waals surface area contributed by atoms with Crippen molar-refractivity contribution >= 4 is 23.0 Å². The normalized spacial score (nSPS) is 22.5. The molecule has 0 aliphatic carbocycles. The van der Waals surface area contributed by atoms with E-state index in [-0.39, 0.29) is 11.3 Å². The number of anilines is 3. The van der Waals surface area contributed by atoms with Crippen molar-refractivity contribution in [2.24, 2.45) is 11.3 Å². The van der Waals surface area contributed by atoms with Crippen LogP contribution in [0.25, 0.3) is 0 Å². The molecule has 1 N–H and O–H groups in total. The van der Waals surface area contributed by atoms with Crippen LogP contribution in [0.2, 0.25) is 0 Å². The second kappa shape index (κ2) is 8.21. The van der Waals surface area contributed by atoms with Crippen molar-refractivity contribution in [1.82, 2.24) is 0 Å². The fourth-order valence-electron chi connectivity index (χ4n) is 5.19. The number of ether oxygens (including phenoxy) is 1. The molecule has 0 spiro atoms. The van der Waals surface area contributed by atoms with Crippen LogP contribution in [0, 0.1) is 11.3 Å². The highest BCUT2D eigenvalue weighted by Gasteiger charge is 2.45. The Labute approximate surface area is 180 Å². The van der Waals surface area contributed by atoms with Crippen LogP contribution >= 0.6 is 0 Å². The summed E-state index contributed by atoms with van der Waals surface area (Å²) < 4.78 is 5.63. The predicted molar refractivity (Wildman–Crippen MR) is 124 cm³/mol. The maximum Gasteiger partial charge on any atom is 0.221 e. The quantitative estimate of drug-likeness (QED) is 0.774. The largest absolute Gasteiger partial charge is 0.494 e. The van der Waals surface area contributed by atoms with E-state index in [1.54, 1.807) is 0 Å². The first-order valence-electron chi connectivity index (χ1n) is 11.0. The van der Waals surface area contributed by atoms with Crippen LogP contribution in [-0.2, 0) is 4.79 Å². The molecular weight excluding hydrogens is 374 g/mol. The number of nitrogens with zero attached hydrogens (tertiary/aromatic N) is 2. The Morgan fingerprint density at radius 1 is 1.03 bits per heavy atom. The molecule has 5 rings (SSSR count). The molecule has 3 heterocycles. The highest BCUT2D eigenvalue weighted by molar-refractivity contribution is 5.88. The molecule has 3 saturated heterocycles. The lowest BCUT2D eigenvalue weighted by molar-refractivity contribution is -0.114. The summed E-state index contributed by atoms with van der Waals surface area (Å²) in [5.41, 5.74) is 3.60. The number of carbonyl (C=O) groups excluding carboxylic acids is 1. The van der Waals surface area contributed by atoms with Gasteiger partial charge in [-0.3, -0.25) is 4.79 Å². The molecule has 30 heavy (non-hydrogen) atoms. The number of nitrogens with one attached hydrogen (secondary N) is 1. The summed E-state index contributed by atoms with van der Waals surface area (Å²) >= 11 is 0. The summed E-state index contributed by atoms with van der Waals surface area (Å²) in [6.45, 7) is 12.2. The lowest BCUT2D eigenvalue weighted by atomic mass is 9.73. The van der Waals surface area contributed by atoms with Crippen LogP contribution in [0.3, 0.4) is 0 Å². The molecular formula is C25H33N3O2. The van der Waals surface area contributed by atoms with Crippen LogP contribution in [-0.4, -0.2) is 38.2 Å². The molecule has 3 aliphatic heterocycles. The topological polar surface area (TPSA) is 44.8 Å². The van der Waals surface area contributed by atoms with E-state index in [1.807, 2.05) is 19.1 Å². The SMILES string of the molecule is CCOc1ccc(N2C[C@H]3CN(c4ccc(NC(C)=O)cc4)C[C@@H]2C(C)(C)C3)cc1. The highest BCUT2D eigenvalue weighted by atomic mass is 16.5. The molecule has 0 radical (unpaired) electrons. The number of benzene rings is 2. The van der Waals surface area contributed by atoms with Crippen molar-refractivity contribution in [3.63, 3.8) is 0 Å². The Morgan fingerprint density at radius 3 is 2.33 bits per heavy atom. The van der Waals surface area contributed by atoms with E-state index < -0.39 is 0 Å². The monoisotopic (exact) mass is 407 g/mol. The molecule has 0 unspecified atom stereocenters. The van der Waals surface area contributed by atoms with Crippen molar-refractivity contribution < 1.29 is 9.53 Å². The summed E-state index contributed by atoms with van der Waals surface area (Å²) in [6.07, 6.45) is 1.24. The Bertz CT molecular complexity index is 876. The summed E-state index contributed by atoms with van der Waals surface area (Å²) in [6, 6.07) is 17.3. The molecule has 2 aromatic carbocycles. The lowest BCUT2D eigenvalue weighted by Gasteiger charge is -2.48. The third-order valence-electron chi connectivity index (χ3n) is 6.45. The lowest BCUT2D eigenvalue weighted by Crippen LogP contribution is -2.53. The number of amides is 1. The van der Waals surface area contributed by atoms with Gasteiger partial charge in [-0.25, -0.2) is 0 Å². The number of hydrogen-bond donors (Lipinski definition) is 1. The zero-order valence-corrected chi connectivity index (χ0v) is 18.5. The zero-order valence-electron chi connectivity index (χ0n) is 18.5. The fourth-order valence-corrected chi connectivity index (χ4v) is 5.19. The summed E-state index contributed by atoms with van der Waals surface area (Å²) in [5, 5.41) is 2.86. The average molecular weight is 408 g/mol. The molecule has 0 aromatic heterocycles. The highest BCUT2D eigenvalue weighted by Crippen LogP contribution is 2.44. The van der Waals surface area contributed by atoms with Crippen LogP contribution in [0.15, 0.2) is 48.5 Å². The van der Waals surface area contributed by atoms with Crippen molar-refractivity contribution in [3.8, 4) is 5.75 Å². The molecule has 3 aliphatic rings. The maximum absolute atomic E-state index is 11.3. The van der Waals surface area contributed by atoms with Gasteiger partial charge in [0.15, 0.2) is 0 Å². The minimum absolute atomic E-state index is 0.0386. The molecule has 160 valence electrons. The van der Waals surface area contributed by atoms with Crippen molar-refractivity contribution in [1.29, 1.82) is 0 Å². The number of fused-ring (bicyclic) bond motifs is 4. The minimum Gasteiger partial charge on any atom is -0.494 e. The van der Waals surface area contributed by atoms with Gasteiger partial charge in [-0.05, 0) is 73.2 Å². The van der Waals surface area contributed by atoms with E-state index in [1.165, 1.54) is 24.7 Å². The maximum atomic E-state index is 11.3. The minimum atomic E-state index is -0.0386. The first kappa shape index (κ1) is 20.6. The second-order valence-electron chi connectivity index (χ2n) is 9.29. The van der Waals surface area contributed by atoms with E-state index >= 15 is 0 Å². The van der Waals surface area contributed by atoms with Gasteiger partial charge in [0.25, 0.3) is 0 Å². The summed E-state index contributed by atoms with van der Waals surface area (Å²) in [4.78, 5) is 16.4. The number of carbonyl (C=O) groups is 1. The molecule has 2 bridgehead atoms. The van der Waals surface area contributed by atoms with E-state index in [9.17, 15) is 4.79 Å². The van der Waals surface area contributed by atoms with Crippen molar-refractivity contribution in [2.75, 3.05) is 41.4 Å². The Hall–Kier alpha value is -2.69. The summed E-state index contributed by atoms with van der Waals surface area (Å²) in [5.74, 6) is 1.50. The van der Waals surface area contributed by atoms with Gasteiger partial charge in [-0.1, -0.05) is 13.8 Å². The van der Waals surface area contributed by atoms with Crippen LogP contribution in [0.5, 0.6) is 5.75 Å². The Morgan fingerprint density at radius 2 is 1.70 bits per heavy atom. The average Bonchev–Trinajstić information content (AvgIpc) is 2.96. The number of rotatable bonds is 5. The van der Waals surface area contributed by atoms with Gasteiger partial charge in [-0.2, -0.15) is 0 Å². The molecule has 5 heteroatoms. The zero-order chi connectivity index (χ0) is 21.3. The van der Waals surface area contributed by atoms with Gasteiger partial charge in [0.1, 0.15) is 5.75 Å². The second-order valence-corrected chi connectivity index (χ2v) is 9.29. The smallest absolute Gasteiger partial charge is 0.221 e. The van der Waals surface area contributed by atoms with Crippen LogP contribution < -0.4 is 19.9 Å². The third kappa shape index (κ3) is 4.25. The van der Waals surface area contributed by atoms with Gasteiger partial charge in [-0.15, -0.1) is 0 Å². The van der Waals surface area contributed by atoms with Gasteiger partial charge < -0.3 is 19.9 Å². The van der Waals surface area contributed by atoms with E-state index in [0.717, 1.165) is 31.1 Å². The molecule has 2 atom stereocenters. The van der Waals surface area contributed by atoms with Gasteiger partial charge in [0, 0.05) is 43.6 Å². The van der Waals surface area contributed by atoms with Crippen molar-refractivity contribution in [3.05, 3.63) is 48.5 Å². The molecule has 0 saturated carbocycles. The standard InChI is InChI=1S/C25H33N3O2/c1-5-30-23-12-10-22(11-13-23)28-16-19-14-25(3,4)24(28)17-27(15-19)21-8-6-20(7-9-21)26-18(2)29/h6-13,19,24H,5,14-17H2,1-4H3,(H,26,29)/t19-,24-/m1/s1. The molecule has 5 nitrogen and oxygen atoms in total. The first-order chi connectivity index (χ1) is 14.4. The van der Waals surface area contributed by atoms with Crippen LogP contribution in [0.1, 0.15) is 34.1 Å². The Kier molecular flexibility index (Phi) is 5.63. The van der Waals surface area contributed by atoms with Gasteiger partial charge >= 0.3 is 0 Å². The van der Waals surface area contributed by atoms with E-state index in [2.05, 4.69) is 65.4 Å².